The van der Waals surface area contributed by atoms with Gasteiger partial charge in [-0.15, -0.1) is 0 Å². The lowest BCUT2D eigenvalue weighted by atomic mass is 10.1. The first kappa shape index (κ1) is 14.3. The molecule has 2 saturated heterocycles. The highest BCUT2D eigenvalue weighted by atomic mass is 16.3. The molecule has 1 unspecified atom stereocenters. The SMILES string of the molecule is CC(=O)N1CCN(C(=O)CN2CCC(CO)C2)CC1. The van der Waals surface area contributed by atoms with Crippen LogP contribution in [0.3, 0.4) is 0 Å². The van der Waals surface area contributed by atoms with Gasteiger partial charge >= 0.3 is 0 Å². The van der Waals surface area contributed by atoms with Gasteiger partial charge in [-0.3, -0.25) is 14.5 Å². The summed E-state index contributed by atoms with van der Waals surface area (Å²) in [6.45, 7) is 6.47. The second-order valence-corrected chi connectivity index (χ2v) is 5.46. The van der Waals surface area contributed by atoms with Crippen LogP contribution in [0.5, 0.6) is 0 Å². The van der Waals surface area contributed by atoms with Crippen molar-refractivity contribution < 1.29 is 14.7 Å². The Balaban J connectivity index is 1.74. The molecule has 2 aliphatic heterocycles. The number of carbonyl (C=O) groups is 2. The number of hydrogen-bond acceptors (Lipinski definition) is 4. The molecule has 1 N–H and O–H groups in total. The van der Waals surface area contributed by atoms with Gasteiger partial charge < -0.3 is 14.9 Å². The van der Waals surface area contributed by atoms with E-state index in [1.807, 2.05) is 4.90 Å². The van der Waals surface area contributed by atoms with E-state index in [4.69, 9.17) is 5.11 Å². The molecule has 0 aromatic rings. The molecule has 0 saturated carbocycles. The van der Waals surface area contributed by atoms with E-state index in [1.165, 1.54) is 0 Å². The van der Waals surface area contributed by atoms with Crippen LogP contribution in [0.25, 0.3) is 0 Å². The van der Waals surface area contributed by atoms with Gasteiger partial charge in [-0.05, 0) is 18.9 Å². The summed E-state index contributed by atoms with van der Waals surface area (Å²) in [5, 5.41) is 9.09. The topological polar surface area (TPSA) is 64.1 Å². The Kier molecular flexibility index (Phi) is 4.76. The van der Waals surface area contributed by atoms with Gasteiger partial charge in [0.25, 0.3) is 0 Å². The summed E-state index contributed by atoms with van der Waals surface area (Å²) in [7, 11) is 0. The molecule has 108 valence electrons. The van der Waals surface area contributed by atoms with Crippen molar-refractivity contribution in [3.05, 3.63) is 0 Å². The lowest BCUT2D eigenvalue weighted by Crippen LogP contribution is -2.52. The lowest BCUT2D eigenvalue weighted by molar-refractivity contribution is -0.139. The van der Waals surface area contributed by atoms with E-state index in [1.54, 1.807) is 11.8 Å². The van der Waals surface area contributed by atoms with Gasteiger partial charge in [0, 0.05) is 46.3 Å². The summed E-state index contributed by atoms with van der Waals surface area (Å²) >= 11 is 0. The first-order chi connectivity index (χ1) is 9.10. The second-order valence-electron chi connectivity index (χ2n) is 5.46. The first-order valence-electron chi connectivity index (χ1n) is 6.96. The molecular formula is C13H23N3O3. The van der Waals surface area contributed by atoms with Gasteiger partial charge in [-0.2, -0.15) is 0 Å². The van der Waals surface area contributed by atoms with E-state index in [0.29, 0.717) is 38.6 Å². The number of amides is 2. The Hall–Kier alpha value is -1.14. The molecule has 0 aromatic heterocycles. The third-order valence-corrected chi connectivity index (χ3v) is 4.06. The number of nitrogens with zero attached hydrogens (tertiary/aromatic N) is 3. The highest BCUT2D eigenvalue weighted by Crippen LogP contribution is 2.15. The molecule has 2 amide bonds. The average molecular weight is 269 g/mol. The Morgan fingerprint density at radius 2 is 1.74 bits per heavy atom. The summed E-state index contributed by atoms with van der Waals surface area (Å²) < 4.78 is 0. The van der Waals surface area contributed by atoms with Crippen molar-refractivity contribution >= 4 is 11.8 Å². The van der Waals surface area contributed by atoms with Crippen LogP contribution in [0.1, 0.15) is 13.3 Å². The van der Waals surface area contributed by atoms with E-state index in [-0.39, 0.29) is 18.4 Å². The summed E-state index contributed by atoms with van der Waals surface area (Å²) in [5.41, 5.74) is 0. The van der Waals surface area contributed by atoms with Crippen LogP contribution in [-0.4, -0.2) is 84.0 Å². The fourth-order valence-corrected chi connectivity index (χ4v) is 2.77. The molecule has 0 aliphatic carbocycles. The van der Waals surface area contributed by atoms with Crippen molar-refractivity contribution in [2.45, 2.75) is 13.3 Å². The zero-order chi connectivity index (χ0) is 13.8. The van der Waals surface area contributed by atoms with Crippen molar-refractivity contribution in [1.82, 2.24) is 14.7 Å². The van der Waals surface area contributed by atoms with Gasteiger partial charge in [0.05, 0.1) is 6.54 Å². The third-order valence-electron chi connectivity index (χ3n) is 4.06. The van der Waals surface area contributed by atoms with Crippen LogP contribution < -0.4 is 0 Å². The maximum Gasteiger partial charge on any atom is 0.236 e. The molecule has 2 rings (SSSR count). The smallest absolute Gasteiger partial charge is 0.236 e. The van der Waals surface area contributed by atoms with Crippen LogP contribution in [-0.2, 0) is 9.59 Å². The number of rotatable bonds is 3. The Morgan fingerprint density at radius 1 is 1.11 bits per heavy atom. The van der Waals surface area contributed by atoms with Crippen molar-refractivity contribution in [3.63, 3.8) is 0 Å². The predicted octanol–water partition coefficient (Wildman–Crippen LogP) is -1.01. The Labute approximate surface area is 114 Å². The lowest BCUT2D eigenvalue weighted by Gasteiger charge is -2.35. The van der Waals surface area contributed by atoms with Gasteiger partial charge in [-0.25, -0.2) is 0 Å². The molecule has 1 atom stereocenters. The maximum absolute atomic E-state index is 12.1. The van der Waals surface area contributed by atoms with Crippen LogP contribution in [0, 0.1) is 5.92 Å². The van der Waals surface area contributed by atoms with Crippen molar-refractivity contribution in [2.24, 2.45) is 5.92 Å². The maximum atomic E-state index is 12.1. The predicted molar refractivity (Wildman–Crippen MR) is 70.5 cm³/mol. The standard InChI is InChI=1S/C13H23N3O3/c1-11(18)15-4-6-16(7-5-15)13(19)9-14-3-2-12(8-14)10-17/h12,17H,2-10H2,1H3. The minimum absolute atomic E-state index is 0.0810. The zero-order valence-corrected chi connectivity index (χ0v) is 11.5. The highest BCUT2D eigenvalue weighted by molar-refractivity contribution is 5.79. The molecule has 6 nitrogen and oxygen atoms in total. The monoisotopic (exact) mass is 269 g/mol. The van der Waals surface area contributed by atoms with Gasteiger partial charge in [0.2, 0.25) is 11.8 Å². The highest BCUT2D eigenvalue weighted by Gasteiger charge is 2.27. The van der Waals surface area contributed by atoms with Crippen LogP contribution in [0.2, 0.25) is 0 Å². The number of aliphatic hydroxyl groups excluding tert-OH is 1. The molecule has 0 bridgehead atoms. The average Bonchev–Trinajstić information content (AvgIpc) is 2.86. The third kappa shape index (κ3) is 3.67. The molecule has 6 heteroatoms. The molecule has 2 aliphatic rings. The number of piperazine rings is 1. The molecule has 0 spiro atoms. The van der Waals surface area contributed by atoms with E-state index in [0.717, 1.165) is 19.5 Å². The van der Waals surface area contributed by atoms with E-state index >= 15 is 0 Å². The minimum atomic E-state index is 0.0810. The van der Waals surface area contributed by atoms with Crippen molar-refractivity contribution in [3.8, 4) is 0 Å². The number of likely N-dealkylation sites (tertiary alicyclic amines) is 1. The summed E-state index contributed by atoms with van der Waals surface area (Å²) in [4.78, 5) is 29.1. The van der Waals surface area contributed by atoms with Crippen LogP contribution in [0.15, 0.2) is 0 Å². The Bertz CT molecular complexity index is 340. The zero-order valence-electron chi connectivity index (χ0n) is 11.5. The minimum Gasteiger partial charge on any atom is -0.396 e. The van der Waals surface area contributed by atoms with Crippen LogP contribution >= 0.6 is 0 Å². The first-order valence-corrected chi connectivity index (χ1v) is 6.96. The quantitative estimate of drug-likeness (QED) is 0.713. The second kappa shape index (κ2) is 6.34. The summed E-state index contributed by atoms with van der Waals surface area (Å²) in [6.07, 6.45) is 0.974. The molecule has 19 heavy (non-hydrogen) atoms. The van der Waals surface area contributed by atoms with E-state index < -0.39 is 0 Å². The van der Waals surface area contributed by atoms with Gasteiger partial charge in [0.15, 0.2) is 0 Å². The Morgan fingerprint density at radius 3 is 2.26 bits per heavy atom. The number of hydrogen-bond donors (Lipinski definition) is 1. The molecule has 2 heterocycles. The largest absolute Gasteiger partial charge is 0.396 e. The number of aliphatic hydroxyl groups is 1. The molecule has 0 aromatic carbocycles. The van der Waals surface area contributed by atoms with Crippen molar-refractivity contribution in [1.29, 1.82) is 0 Å². The van der Waals surface area contributed by atoms with E-state index in [9.17, 15) is 9.59 Å². The normalized spacial score (nSPS) is 24.8. The van der Waals surface area contributed by atoms with Gasteiger partial charge in [0.1, 0.15) is 0 Å². The number of carbonyl (C=O) groups excluding carboxylic acids is 2. The molecule has 2 fully saturated rings. The summed E-state index contributed by atoms with van der Waals surface area (Å²) in [5.74, 6) is 0.543. The van der Waals surface area contributed by atoms with Gasteiger partial charge in [-0.1, -0.05) is 0 Å². The fraction of sp³-hybridized carbons (Fsp3) is 0.846. The molecular weight excluding hydrogens is 246 g/mol. The van der Waals surface area contributed by atoms with E-state index in [2.05, 4.69) is 4.90 Å². The summed E-state index contributed by atoms with van der Waals surface area (Å²) in [6, 6.07) is 0. The fourth-order valence-electron chi connectivity index (χ4n) is 2.77. The molecule has 0 radical (unpaired) electrons. The van der Waals surface area contributed by atoms with Crippen molar-refractivity contribution in [2.75, 3.05) is 52.4 Å². The van der Waals surface area contributed by atoms with Crippen LogP contribution in [0.4, 0.5) is 0 Å².